The molecule has 1 aromatic rings. The molecule has 80 valence electrons. The summed E-state index contributed by atoms with van der Waals surface area (Å²) in [6.45, 7) is 4.87. The topological polar surface area (TPSA) is 43.1 Å². The largest absolute Gasteiger partial charge is 0.330 e. The highest BCUT2D eigenvalue weighted by Gasteiger charge is 2.17. The summed E-state index contributed by atoms with van der Waals surface area (Å²) >= 11 is 1.56. The molecule has 1 atom stereocenters. The zero-order valence-electron chi connectivity index (χ0n) is 8.66. The van der Waals surface area contributed by atoms with Gasteiger partial charge < -0.3 is 5.73 Å². The van der Waals surface area contributed by atoms with Gasteiger partial charge in [0.25, 0.3) is 0 Å². The van der Waals surface area contributed by atoms with Gasteiger partial charge in [-0.1, -0.05) is 19.9 Å². The molecule has 0 spiro atoms. The molecule has 0 bridgehead atoms. The lowest BCUT2D eigenvalue weighted by Crippen LogP contribution is -2.25. The molecule has 0 aliphatic rings. The second-order valence-electron chi connectivity index (χ2n) is 4.10. The van der Waals surface area contributed by atoms with E-state index >= 15 is 0 Å². The lowest BCUT2D eigenvalue weighted by molar-refractivity contribution is 0.367. The molecule has 0 fully saturated rings. The Hall–Kier alpha value is -0.190. The molecule has 4 heteroatoms. The molecule has 1 aromatic heterocycles. The van der Waals surface area contributed by atoms with Crippen LogP contribution in [0, 0.1) is 5.41 Å². The molecule has 1 rings (SSSR count). The van der Waals surface area contributed by atoms with E-state index in [1.165, 1.54) is 0 Å². The van der Waals surface area contributed by atoms with Gasteiger partial charge in [0.05, 0.1) is 15.0 Å². The summed E-state index contributed by atoms with van der Waals surface area (Å²) < 4.78 is 12.7. The van der Waals surface area contributed by atoms with Crippen molar-refractivity contribution in [1.82, 2.24) is 0 Å². The zero-order valence-corrected chi connectivity index (χ0v) is 10.3. The van der Waals surface area contributed by atoms with Gasteiger partial charge in [0, 0.05) is 5.75 Å². The minimum atomic E-state index is -0.837. The smallest absolute Gasteiger partial charge is 0.0910 e. The Morgan fingerprint density at radius 1 is 1.57 bits per heavy atom. The summed E-state index contributed by atoms with van der Waals surface area (Å²) in [6.07, 6.45) is 0.911. The van der Waals surface area contributed by atoms with Crippen LogP contribution in [0.3, 0.4) is 0 Å². The first-order valence-electron chi connectivity index (χ1n) is 4.67. The standard InChI is InChI=1S/C10H17NOS2/c1-10(2,8-11)5-7-14(12)9-4-3-6-13-9/h3-4,6H,5,7-8,11H2,1-2H3. The van der Waals surface area contributed by atoms with Crippen LogP contribution >= 0.6 is 11.3 Å². The van der Waals surface area contributed by atoms with E-state index in [2.05, 4.69) is 13.8 Å². The fraction of sp³-hybridized carbons (Fsp3) is 0.600. The van der Waals surface area contributed by atoms with Gasteiger partial charge in [-0.25, -0.2) is 0 Å². The van der Waals surface area contributed by atoms with Crippen molar-refractivity contribution < 1.29 is 4.21 Å². The van der Waals surface area contributed by atoms with Crippen LogP contribution in [0.25, 0.3) is 0 Å². The predicted octanol–water partition coefficient (Wildman–Crippen LogP) is 2.23. The summed E-state index contributed by atoms with van der Waals surface area (Å²) in [5, 5.41) is 1.96. The molecule has 0 saturated heterocycles. The van der Waals surface area contributed by atoms with Crippen LogP contribution in [-0.4, -0.2) is 16.5 Å². The third-order valence-corrected chi connectivity index (χ3v) is 4.90. The van der Waals surface area contributed by atoms with Crippen molar-refractivity contribution in [2.24, 2.45) is 11.1 Å². The Bertz CT molecular complexity index is 293. The second-order valence-corrected chi connectivity index (χ2v) is 6.85. The summed E-state index contributed by atoms with van der Waals surface area (Å²) in [6, 6.07) is 3.86. The van der Waals surface area contributed by atoms with Crippen LogP contribution in [0.5, 0.6) is 0 Å². The van der Waals surface area contributed by atoms with Crippen molar-refractivity contribution in [3.8, 4) is 0 Å². The SMILES string of the molecule is CC(C)(CN)CCS(=O)c1cccs1. The van der Waals surface area contributed by atoms with Gasteiger partial charge >= 0.3 is 0 Å². The van der Waals surface area contributed by atoms with E-state index in [1.54, 1.807) is 11.3 Å². The maximum atomic E-state index is 11.7. The fourth-order valence-corrected chi connectivity index (χ4v) is 3.43. The van der Waals surface area contributed by atoms with Gasteiger partial charge in [-0.2, -0.15) is 0 Å². The maximum Gasteiger partial charge on any atom is 0.0910 e. The Balaban J connectivity index is 2.43. The van der Waals surface area contributed by atoms with Crippen molar-refractivity contribution >= 4 is 22.1 Å². The van der Waals surface area contributed by atoms with E-state index in [-0.39, 0.29) is 5.41 Å². The molecule has 2 N–H and O–H groups in total. The molecule has 1 heterocycles. The first kappa shape index (κ1) is 11.9. The highest BCUT2D eigenvalue weighted by molar-refractivity contribution is 7.87. The Morgan fingerprint density at radius 2 is 2.29 bits per heavy atom. The number of hydrogen-bond donors (Lipinski definition) is 1. The lowest BCUT2D eigenvalue weighted by atomic mass is 9.91. The molecule has 0 aliphatic carbocycles. The van der Waals surface area contributed by atoms with E-state index < -0.39 is 10.8 Å². The van der Waals surface area contributed by atoms with Crippen molar-refractivity contribution in [3.63, 3.8) is 0 Å². The van der Waals surface area contributed by atoms with Crippen LogP contribution in [0.2, 0.25) is 0 Å². The van der Waals surface area contributed by atoms with Gasteiger partial charge in [-0.3, -0.25) is 4.21 Å². The molecule has 0 aromatic carbocycles. The zero-order chi connectivity index (χ0) is 10.6. The first-order chi connectivity index (χ1) is 6.55. The third kappa shape index (κ3) is 3.52. The van der Waals surface area contributed by atoms with Gasteiger partial charge in [0.1, 0.15) is 0 Å². The quantitative estimate of drug-likeness (QED) is 0.844. The number of thiophene rings is 1. The number of rotatable bonds is 5. The Morgan fingerprint density at radius 3 is 2.79 bits per heavy atom. The molecule has 1 unspecified atom stereocenters. The summed E-state index contributed by atoms with van der Waals surface area (Å²) in [4.78, 5) is 0. The van der Waals surface area contributed by atoms with E-state index in [0.717, 1.165) is 10.6 Å². The summed E-state index contributed by atoms with van der Waals surface area (Å²) in [5.74, 6) is 0.713. The van der Waals surface area contributed by atoms with Crippen molar-refractivity contribution in [3.05, 3.63) is 17.5 Å². The highest BCUT2D eigenvalue weighted by atomic mass is 32.2. The molecule has 0 amide bonds. The second kappa shape index (κ2) is 5.05. The monoisotopic (exact) mass is 231 g/mol. The molecular formula is C10H17NOS2. The van der Waals surface area contributed by atoms with Gasteiger partial charge in [0.2, 0.25) is 0 Å². The minimum absolute atomic E-state index is 0.104. The predicted molar refractivity (Wildman–Crippen MR) is 63.0 cm³/mol. The van der Waals surface area contributed by atoms with Crippen LogP contribution in [0.1, 0.15) is 20.3 Å². The van der Waals surface area contributed by atoms with Crippen molar-refractivity contribution in [2.75, 3.05) is 12.3 Å². The summed E-state index contributed by atoms with van der Waals surface area (Å²) in [5.41, 5.74) is 5.72. The van der Waals surface area contributed by atoms with Crippen molar-refractivity contribution in [2.45, 2.75) is 24.5 Å². The van der Waals surface area contributed by atoms with Gasteiger partial charge in [-0.15, -0.1) is 11.3 Å². The van der Waals surface area contributed by atoms with E-state index in [4.69, 9.17) is 5.73 Å². The summed E-state index contributed by atoms with van der Waals surface area (Å²) in [7, 11) is -0.837. The molecule has 0 radical (unpaired) electrons. The average molecular weight is 231 g/mol. The van der Waals surface area contributed by atoms with Crippen LogP contribution in [-0.2, 0) is 10.8 Å². The van der Waals surface area contributed by atoms with Crippen LogP contribution in [0.4, 0.5) is 0 Å². The van der Waals surface area contributed by atoms with Crippen LogP contribution < -0.4 is 5.73 Å². The lowest BCUT2D eigenvalue weighted by Gasteiger charge is -2.21. The maximum absolute atomic E-state index is 11.7. The third-order valence-electron chi connectivity index (χ3n) is 2.24. The molecule has 2 nitrogen and oxygen atoms in total. The highest BCUT2D eigenvalue weighted by Crippen LogP contribution is 2.21. The molecule has 14 heavy (non-hydrogen) atoms. The van der Waals surface area contributed by atoms with E-state index in [1.807, 2.05) is 17.5 Å². The minimum Gasteiger partial charge on any atom is -0.330 e. The van der Waals surface area contributed by atoms with E-state index in [9.17, 15) is 4.21 Å². The average Bonchev–Trinajstić information content (AvgIpc) is 2.67. The van der Waals surface area contributed by atoms with Crippen molar-refractivity contribution in [1.29, 1.82) is 0 Å². The van der Waals surface area contributed by atoms with E-state index in [0.29, 0.717) is 12.3 Å². The fourth-order valence-electron chi connectivity index (χ4n) is 0.965. The normalized spacial score (nSPS) is 14.2. The molecular weight excluding hydrogens is 214 g/mol. The molecule has 0 aliphatic heterocycles. The Kier molecular flexibility index (Phi) is 4.29. The number of hydrogen-bond acceptors (Lipinski definition) is 3. The van der Waals surface area contributed by atoms with Crippen LogP contribution in [0.15, 0.2) is 21.7 Å². The molecule has 0 saturated carbocycles. The first-order valence-corrected chi connectivity index (χ1v) is 6.87. The van der Waals surface area contributed by atoms with Gasteiger partial charge in [-0.05, 0) is 29.8 Å². The number of nitrogens with two attached hydrogens (primary N) is 1. The Labute approximate surface area is 92.0 Å². The van der Waals surface area contributed by atoms with Gasteiger partial charge in [0.15, 0.2) is 0 Å².